The maximum Gasteiger partial charge on any atom is 0.191 e. The van der Waals surface area contributed by atoms with Gasteiger partial charge in [0.05, 0.1) is 6.10 Å². The predicted octanol–water partition coefficient (Wildman–Crippen LogP) is 2.28. The monoisotopic (exact) mass is 311 g/mol. The van der Waals surface area contributed by atoms with Crippen molar-refractivity contribution in [2.24, 2.45) is 0 Å². The summed E-state index contributed by atoms with van der Waals surface area (Å²) < 4.78 is 19.8. The van der Waals surface area contributed by atoms with E-state index in [0.29, 0.717) is 17.9 Å². The van der Waals surface area contributed by atoms with E-state index in [0.717, 1.165) is 18.1 Å². The fourth-order valence-corrected chi connectivity index (χ4v) is 2.73. The first-order valence-electron chi connectivity index (χ1n) is 6.64. The summed E-state index contributed by atoms with van der Waals surface area (Å²) in [5, 5.41) is 18.8. The van der Waals surface area contributed by atoms with Gasteiger partial charge in [-0.25, -0.2) is 4.39 Å². The van der Waals surface area contributed by atoms with Crippen LogP contribution < -0.4 is 0 Å². The molecule has 0 aliphatic carbocycles. The molecule has 2 rings (SSSR count). The lowest BCUT2D eigenvalue weighted by atomic mass is 10.1. The van der Waals surface area contributed by atoms with Crippen LogP contribution in [0.2, 0.25) is 0 Å². The Balaban J connectivity index is 1.87. The Kier molecular flexibility index (Phi) is 6.16. The fraction of sp³-hybridized carbons (Fsp3) is 0.429. The Morgan fingerprint density at radius 2 is 2.14 bits per heavy atom. The second-order valence-electron chi connectivity index (χ2n) is 4.53. The summed E-state index contributed by atoms with van der Waals surface area (Å²) in [6.07, 6.45) is 1.88. The molecule has 0 saturated heterocycles. The zero-order valence-electron chi connectivity index (χ0n) is 11.8. The Morgan fingerprint density at radius 3 is 2.86 bits per heavy atom. The maximum atomic E-state index is 12.8. The lowest BCUT2D eigenvalue weighted by molar-refractivity contribution is 0.189. The first kappa shape index (κ1) is 15.9. The van der Waals surface area contributed by atoms with Gasteiger partial charge in [-0.2, -0.15) is 0 Å². The largest absolute Gasteiger partial charge is 0.388 e. The van der Waals surface area contributed by atoms with Crippen LogP contribution in [0.1, 0.15) is 18.1 Å². The van der Waals surface area contributed by atoms with Gasteiger partial charge in [-0.15, -0.1) is 10.2 Å². The highest BCUT2D eigenvalue weighted by Gasteiger charge is 2.11. The van der Waals surface area contributed by atoms with Crippen molar-refractivity contribution in [2.45, 2.75) is 24.2 Å². The van der Waals surface area contributed by atoms with Gasteiger partial charge in [0.1, 0.15) is 12.1 Å². The number of nitrogens with zero attached hydrogens (tertiary/aromatic N) is 3. The molecule has 5 nitrogen and oxygen atoms in total. The highest BCUT2D eigenvalue weighted by Crippen LogP contribution is 2.23. The first-order chi connectivity index (χ1) is 10.2. The van der Waals surface area contributed by atoms with Crippen molar-refractivity contribution in [3.05, 3.63) is 42.0 Å². The van der Waals surface area contributed by atoms with Crippen LogP contribution in [0.3, 0.4) is 0 Å². The minimum Gasteiger partial charge on any atom is -0.388 e. The minimum absolute atomic E-state index is 0.309. The van der Waals surface area contributed by atoms with Crippen molar-refractivity contribution >= 4 is 11.8 Å². The Labute approximate surface area is 127 Å². The number of ether oxygens (including phenoxy) is 1. The van der Waals surface area contributed by atoms with Crippen LogP contribution in [-0.4, -0.2) is 39.3 Å². The molecule has 2 aromatic rings. The van der Waals surface area contributed by atoms with Gasteiger partial charge in [-0.1, -0.05) is 23.9 Å². The Bertz CT molecular complexity index is 547. The molecule has 0 fully saturated rings. The smallest absolute Gasteiger partial charge is 0.191 e. The number of rotatable bonds is 8. The number of aryl methyl sites for hydroxylation is 1. The molecule has 0 spiro atoms. The highest BCUT2D eigenvalue weighted by atomic mass is 32.2. The van der Waals surface area contributed by atoms with Crippen LogP contribution in [0.15, 0.2) is 35.7 Å². The molecule has 1 heterocycles. The van der Waals surface area contributed by atoms with E-state index in [1.54, 1.807) is 25.6 Å². The second-order valence-corrected chi connectivity index (χ2v) is 5.52. The molecule has 1 aromatic heterocycles. The zero-order chi connectivity index (χ0) is 15.1. The van der Waals surface area contributed by atoms with Gasteiger partial charge in [-0.05, 0) is 24.1 Å². The molecule has 0 amide bonds. The highest BCUT2D eigenvalue weighted by molar-refractivity contribution is 7.99. The van der Waals surface area contributed by atoms with Crippen molar-refractivity contribution in [3.8, 4) is 0 Å². The van der Waals surface area contributed by atoms with Gasteiger partial charge < -0.3 is 14.4 Å². The lowest BCUT2D eigenvalue weighted by Crippen LogP contribution is -2.05. The number of benzene rings is 1. The number of thioether (sulfide) groups is 1. The van der Waals surface area contributed by atoms with Crippen LogP contribution in [0.5, 0.6) is 0 Å². The molecule has 0 aliphatic heterocycles. The number of aliphatic hydroxyl groups is 1. The van der Waals surface area contributed by atoms with E-state index in [2.05, 4.69) is 10.2 Å². The van der Waals surface area contributed by atoms with Crippen LogP contribution in [-0.2, 0) is 11.3 Å². The van der Waals surface area contributed by atoms with Crippen molar-refractivity contribution in [1.82, 2.24) is 14.8 Å². The van der Waals surface area contributed by atoms with Gasteiger partial charge in [0.25, 0.3) is 0 Å². The molecule has 1 aromatic carbocycles. The van der Waals surface area contributed by atoms with Gasteiger partial charge >= 0.3 is 0 Å². The van der Waals surface area contributed by atoms with E-state index >= 15 is 0 Å². The van der Waals surface area contributed by atoms with Crippen molar-refractivity contribution in [2.75, 3.05) is 19.5 Å². The average Bonchev–Trinajstić information content (AvgIpc) is 2.93. The van der Waals surface area contributed by atoms with Crippen molar-refractivity contribution in [3.63, 3.8) is 0 Å². The van der Waals surface area contributed by atoms with E-state index in [1.165, 1.54) is 23.9 Å². The summed E-state index contributed by atoms with van der Waals surface area (Å²) in [6.45, 7) is 1.45. The van der Waals surface area contributed by atoms with Gasteiger partial charge in [0.15, 0.2) is 5.16 Å². The minimum atomic E-state index is -0.667. The Hall–Kier alpha value is -1.44. The maximum absolute atomic E-state index is 12.8. The second kappa shape index (κ2) is 8.11. The third kappa shape index (κ3) is 4.80. The molecule has 0 bridgehead atoms. The molecule has 114 valence electrons. The van der Waals surface area contributed by atoms with Gasteiger partial charge in [-0.3, -0.25) is 0 Å². The Morgan fingerprint density at radius 1 is 1.38 bits per heavy atom. The van der Waals surface area contributed by atoms with Crippen LogP contribution in [0.4, 0.5) is 4.39 Å². The average molecular weight is 311 g/mol. The molecule has 0 aliphatic rings. The summed E-state index contributed by atoms with van der Waals surface area (Å²) in [4.78, 5) is 0. The molecule has 1 N–H and O–H groups in total. The molecule has 7 heteroatoms. The van der Waals surface area contributed by atoms with E-state index in [-0.39, 0.29) is 5.82 Å². The van der Waals surface area contributed by atoms with Crippen LogP contribution in [0, 0.1) is 5.82 Å². The standard InChI is InChI=1S/C14H18FN3O2S/c1-20-8-2-7-18-10-16-17-14(18)21-9-13(19)11-3-5-12(15)6-4-11/h3-6,10,13,19H,2,7-9H2,1H3. The molecule has 0 radical (unpaired) electrons. The number of hydrogen-bond donors (Lipinski definition) is 1. The van der Waals surface area contributed by atoms with E-state index in [4.69, 9.17) is 4.74 Å². The summed E-state index contributed by atoms with van der Waals surface area (Å²) in [5.41, 5.74) is 0.689. The molecule has 1 atom stereocenters. The third-order valence-electron chi connectivity index (χ3n) is 2.95. The zero-order valence-corrected chi connectivity index (χ0v) is 12.6. The molecule has 1 unspecified atom stereocenters. The van der Waals surface area contributed by atoms with Crippen molar-refractivity contribution in [1.29, 1.82) is 0 Å². The summed E-state index contributed by atoms with van der Waals surface area (Å²) in [7, 11) is 1.67. The van der Waals surface area contributed by atoms with E-state index in [1.807, 2.05) is 4.57 Å². The van der Waals surface area contributed by atoms with Crippen LogP contribution in [0.25, 0.3) is 0 Å². The number of methoxy groups -OCH3 is 1. The molecular weight excluding hydrogens is 293 g/mol. The number of hydrogen-bond acceptors (Lipinski definition) is 5. The first-order valence-corrected chi connectivity index (χ1v) is 7.62. The van der Waals surface area contributed by atoms with Gasteiger partial charge in [0.2, 0.25) is 0 Å². The quantitative estimate of drug-likeness (QED) is 0.599. The number of aromatic nitrogens is 3. The van der Waals surface area contributed by atoms with E-state index < -0.39 is 6.10 Å². The van der Waals surface area contributed by atoms with E-state index in [9.17, 15) is 9.50 Å². The van der Waals surface area contributed by atoms with Crippen molar-refractivity contribution < 1.29 is 14.2 Å². The summed E-state index contributed by atoms with van der Waals surface area (Å²) in [6, 6.07) is 5.86. The lowest BCUT2D eigenvalue weighted by Gasteiger charge is -2.11. The summed E-state index contributed by atoms with van der Waals surface area (Å²) >= 11 is 1.42. The normalized spacial score (nSPS) is 12.5. The van der Waals surface area contributed by atoms with Crippen LogP contribution >= 0.6 is 11.8 Å². The third-order valence-corrected chi connectivity index (χ3v) is 4.01. The fourth-order valence-electron chi connectivity index (χ4n) is 1.82. The molecule has 0 saturated carbocycles. The number of halogens is 1. The SMILES string of the molecule is COCCCn1cnnc1SCC(O)c1ccc(F)cc1. The molecule has 21 heavy (non-hydrogen) atoms. The summed E-state index contributed by atoms with van der Waals surface area (Å²) in [5.74, 6) is 0.130. The number of aliphatic hydroxyl groups excluding tert-OH is 1. The topological polar surface area (TPSA) is 60.2 Å². The predicted molar refractivity (Wildman–Crippen MR) is 78.6 cm³/mol. The van der Waals surface area contributed by atoms with Gasteiger partial charge in [0, 0.05) is 26.0 Å². The molecular formula is C14H18FN3O2S.